The Hall–Kier alpha value is -2.93. The predicted molar refractivity (Wildman–Crippen MR) is 135 cm³/mol. The van der Waals surface area contributed by atoms with E-state index >= 15 is 0 Å². The number of rotatable bonds is 10. The van der Waals surface area contributed by atoms with Crippen molar-refractivity contribution in [3.8, 4) is 5.75 Å². The fraction of sp³-hybridized carbons (Fsp3) is 0.227. The summed E-state index contributed by atoms with van der Waals surface area (Å²) in [6.07, 6.45) is 0. The zero-order chi connectivity index (χ0) is 24.7. The zero-order valence-corrected chi connectivity index (χ0v) is 21.2. The number of hydrogen-bond acceptors (Lipinski definition) is 8. The maximum atomic E-state index is 12.5. The Morgan fingerprint density at radius 3 is 2.35 bits per heavy atom. The molecule has 0 fully saturated rings. The lowest BCUT2D eigenvalue weighted by atomic mass is 10.2. The second-order valence-electron chi connectivity index (χ2n) is 7.18. The first kappa shape index (κ1) is 25.7. The molecular formula is C22H24N4O5S3. The van der Waals surface area contributed by atoms with Crippen molar-refractivity contribution < 1.29 is 22.7 Å². The average molecular weight is 521 g/mol. The van der Waals surface area contributed by atoms with Gasteiger partial charge in [0.05, 0.1) is 23.5 Å². The molecule has 3 aromatic rings. The molecule has 0 saturated heterocycles. The number of benzene rings is 2. The molecule has 2 N–H and O–H groups in total. The third kappa shape index (κ3) is 6.79. The molecule has 9 nitrogen and oxygen atoms in total. The van der Waals surface area contributed by atoms with E-state index in [0.29, 0.717) is 27.9 Å². The molecule has 1 aromatic heterocycles. The van der Waals surface area contributed by atoms with Crippen molar-refractivity contribution in [2.75, 3.05) is 37.6 Å². The van der Waals surface area contributed by atoms with Crippen molar-refractivity contribution >= 4 is 55.8 Å². The Kier molecular flexibility index (Phi) is 8.67. The fourth-order valence-electron chi connectivity index (χ4n) is 2.71. The number of carbonyl (C=O) groups is 2. The minimum atomic E-state index is -3.56. The number of thioether (sulfide) groups is 1. The second kappa shape index (κ2) is 11.5. The number of aromatic nitrogens is 1. The van der Waals surface area contributed by atoms with Crippen LogP contribution in [0.1, 0.15) is 16.1 Å². The van der Waals surface area contributed by atoms with Gasteiger partial charge < -0.3 is 10.1 Å². The number of methoxy groups -OCH3 is 1. The van der Waals surface area contributed by atoms with Crippen LogP contribution in [0.3, 0.4) is 0 Å². The molecule has 2 amide bonds. The topological polar surface area (TPSA) is 118 Å². The second-order valence-corrected chi connectivity index (χ2v) is 11.2. The lowest BCUT2D eigenvalue weighted by Crippen LogP contribution is -2.22. The molecule has 0 spiro atoms. The Labute approximate surface area is 206 Å². The average Bonchev–Trinajstić information content (AvgIpc) is 3.26. The first-order valence-electron chi connectivity index (χ1n) is 9.99. The van der Waals surface area contributed by atoms with Crippen molar-refractivity contribution in [1.29, 1.82) is 0 Å². The summed E-state index contributed by atoms with van der Waals surface area (Å²) >= 11 is 2.69. The monoisotopic (exact) mass is 520 g/mol. The van der Waals surface area contributed by atoms with E-state index in [-0.39, 0.29) is 22.5 Å². The molecule has 0 bridgehead atoms. The molecule has 0 aliphatic carbocycles. The summed E-state index contributed by atoms with van der Waals surface area (Å²) in [5, 5.41) is 7.77. The summed E-state index contributed by atoms with van der Waals surface area (Å²) in [5.41, 5.74) is 1.76. The quantitative estimate of drug-likeness (QED) is 0.420. The van der Waals surface area contributed by atoms with Crippen LogP contribution in [0.5, 0.6) is 5.75 Å². The van der Waals surface area contributed by atoms with Crippen LogP contribution in [0.25, 0.3) is 0 Å². The van der Waals surface area contributed by atoms with Gasteiger partial charge in [0, 0.05) is 36.5 Å². The van der Waals surface area contributed by atoms with Crippen LogP contribution >= 0.6 is 23.1 Å². The molecule has 0 saturated carbocycles. The van der Waals surface area contributed by atoms with E-state index in [1.807, 2.05) is 5.38 Å². The van der Waals surface area contributed by atoms with Gasteiger partial charge in [-0.1, -0.05) is 0 Å². The minimum absolute atomic E-state index is 0.110. The van der Waals surface area contributed by atoms with Gasteiger partial charge >= 0.3 is 0 Å². The summed E-state index contributed by atoms with van der Waals surface area (Å²) in [5.74, 6) is 0.973. The molecule has 0 radical (unpaired) electrons. The van der Waals surface area contributed by atoms with E-state index in [9.17, 15) is 18.0 Å². The van der Waals surface area contributed by atoms with Gasteiger partial charge in [0.1, 0.15) is 5.75 Å². The van der Waals surface area contributed by atoms with E-state index in [4.69, 9.17) is 4.74 Å². The van der Waals surface area contributed by atoms with Crippen LogP contribution in [0.4, 0.5) is 10.8 Å². The van der Waals surface area contributed by atoms with Crippen molar-refractivity contribution in [1.82, 2.24) is 9.29 Å². The van der Waals surface area contributed by atoms with Gasteiger partial charge in [0.25, 0.3) is 5.91 Å². The largest absolute Gasteiger partial charge is 0.497 e. The smallest absolute Gasteiger partial charge is 0.257 e. The number of thiazole rings is 1. The summed E-state index contributed by atoms with van der Waals surface area (Å²) in [6, 6.07) is 12.8. The molecule has 0 aliphatic heterocycles. The van der Waals surface area contributed by atoms with Crippen molar-refractivity contribution in [3.05, 3.63) is 65.2 Å². The highest BCUT2D eigenvalue weighted by molar-refractivity contribution is 7.99. The normalized spacial score (nSPS) is 11.3. The highest BCUT2D eigenvalue weighted by Gasteiger charge is 2.18. The molecule has 1 heterocycles. The Balaban J connectivity index is 1.47. The van der Waals surface area contributed by atoms with E-state index in [0.717, 1.165) is 10.00 Å². The number of sulfonamides is 1. The lowest BCUT2D eigenvalue weighted by molar-refractivity contribution is -0.113. The van der Waals surface area contributed by atoms with Crippen LogP contribution in [-0.4, -0.2) is 56.5 Å². The minimum Gasteiger partial charge on any atom is -0.497 e. The molecule has 12 heteroatoms. The molecule has 0 unspecified atom stereocenters. The number of nitrogens with zero attached hydrogens (tertiary/aromatic N) is 2. The first-order valence-corrected chi connectivity index (χ1v) is 13.5. The number of nitrogens with one attached hydrogen (secondary N) is 2. The van der Waals surface area contributed by atoms with Crippen LogP contribution in [0, 0.1) is 0 Å². The molecule has 2 aromatic carbocycles. The van der Waals surface area contributed by atoms with Crippen molar-refractivity contribution in [2.24, 2.45) is 0 Å². The number of amides is 2. The molecule has 180 valence electrons. The highest BCUT2D eigenvalue weighted by Crippen LogP contribution is 2.21. The zero-order valence-electron chi connectivity index (χ0n) is 18.8. The SMILES string of the molecule is COc1ccc(NC(=O)CSCc2csc(NC(=O)c3ccc(S(=O)(=O)N(C)C)cc3)n2)cc1. The van der Waals surface area contributed by atoms with Gasteiger partial charge in [0.15, 0.2) is 5.13 Å². The number of anilines is 2. The maximum Gasteiger partial charge on any atom is 0.257 e. The predicted octanol–water partition coefficient (Wildman–Crippen LogP) is 3.53. The molecule has 0 aliphatic rings. The third-order valence-corrected chi connectivity index (χ3v) is 8.13. The number of ether oxygens (including phenoxy) is 1. The summed E-state index contributed by atoms with van der Waals surface area (Å²) in [4.78, 5) is 29.1. The van der Waals surface area contributed by atoms with Gasteiger partial charge in [-0.05, 0) is 48.5 Å². The molecule has 0 atom stereocenters. The van der Waals surface area contributed by atoms with Crippen LogP contribution in [0.2, 0.25) is 0 Å². The van der Waals surface area contributed by atoms with Crippen LogP contribution in [-0.2, 0) is 20.6 Å². The Morgan fingerprint density at radius 1 is 1.06 bits per heavy atom. The Bertz CT molecular complexity index is 1240. The highest BCUT2D eigenvalue weighted by atomic mass is 32.2. The Morgan fingerprint density at radius 2 is 1.74 bits per heavy atom. The van der Waals surface area contributed by atoms with Gasteiger partial charge in [-0.25, -0.2) is 17.7 Å². The van der Waals surface area contributed by atoms with Gasteiger partial charge in [-0.2, -0.15) is 0 Å². The first-order chi connectivity index (χ1) is 16.2. The van der Waals surface area contributed by atoms with Crippen molar-refractivity contribution in [2.45, 2.75) is 10.6 Å². The van der Waals surface area contributed by atoms with Crippen LogP contribution < -0.4 is 15.4 Å². The summed E-state index contributed by atoms with van der Waals surface area (Å²) < 4.78 is 30.5. The van der Waals surface area contributed by atoms with E-state index in [1.165, 1.54) is 61.5 Å². The summed E-state index contributed by atoms with van der Waals surface area (Å²) in [6.45, 7) is 0. The van der Waals surface area contributed by atoms with Crippen LogP contribution in [0.15, 0.2) is 58.8 Å². The van der Waals surface area contributed by atoms with E-state index < -0.39 is 10.0 Å². The van der Waals surface area contributed by atoms with E-state index in [1.54, 1.807) is 31.4 Å². The van der Waals surface area contributed by atoms with Gasteiger partial charge in [-0.3, -0.25) is 14.9 Å². The van der Waals surface area contributed by atoms with Gasteiger partial charge in [-0.15, -0.1) is 23.1 Å². The van der Waals surface area contributed by atoms with Crippen molar-refractivity contribution in [3.63, 3.8) is 0 Å². The third-order valence-electron chi connectivity index (χ3n) is 4.52. The number of carbonyl (C=O) groups excluding carboxylic acids is 2. The molecular weight excluding hydrogens is 496 g/mol. The molecule has 3 rings (SSSR count). The summed E-state index contributed by atoms with van der Waals surface area (Å²) in [7, 11) is 0.918. The maximum absolute atomic E-state index is 12.5. The standard InChI is InChI=1S/C22H24N4O5S3/c1-26(2)34(29,30)19-10-4-15(5-11-19)21(28)25-22-24-17(13-33-22)12-32-14-20(27)23-16-6-8-18(31-3)9-7-16/h4-11,13H,12,14H2,1-3H3,(H,23,27)(H,24,25,28). The molecule has 34 heavy (non-hydrogen) atoms. The lowest BCUT2D eigenvalue weighted by Gasteiger charge is -2.11. The fourth-order valence-corrected chi connectivity index (χ4v) is 5.14. The van der Waals surface area contributed by atoms with E-state index in [2.05, 4.69) is 15.6 Å². The van der Waals surface area contributed by atoms with Gasteiger partial charge in [0.2, 0.25) is 15.9 Å². The number of hydrogen-bond donors (Lipinski definition) is 2.